The van der Waals surface area contributed by atoms with E-state index in [1.807, 2.05) is 19.1 Å². The summed E-state index contributed by atoms with van der Waals surface area (Å²) in [6.45, 7) is 2.03. The minimum absolute atomic E-state index is 0.00199. The van der Waals surface area contributed by atoms with Crippen molar-refractivity contribution in [3.8, 4) is 5.75 Å². The van der Waals surface area contributed by atoms with Gasteiger partial charge in [0.15, 0.2) is 0 Å². The van der Waals surface area contributed by atoms with Crippen LogP contribution in [0.3, 0.4) is 0 Å². The Bertz CT molecular complexity index is 781. The topological polar surface area (TPSA) is 72.5 Å². The molecule has 128 valence electrons. The van der Waals surface area contributed by atoms with Gasteiger partial charge in [0.2, 0.25) is 15.9 Å². The van der Waals surface area contributed by atoms with E-state index >= 15 is 0 Å². The number of rotatable bonds is 7. The summed E-state index contributed by atoms with van der Waals surface area (Å²) in [6.07, 6.45) is 0.892. The lowest BCUT2D eigenvalue weighted by Gasteiger charge is -2.08. The molecular weight excluding hydrogens is 326 g/mol. The van der Waals surface area contributed by atoms with Gasteiger partial charge in [-0.05, 0) is 35.2 Å². The molecule has 1 N–H and O–H groups in total. The number of benzene rings is 2. The number of hydrogen-bond donors (Lipinski definition) is 1. The fourth-order valence-corrected chi connectivity index (χ4v) is 3.39. The first kappa shape index (κ1) is 18.0. The highest BCUT2D eigenvalue weighted by molar-refractivity contribution is 7.89. The Labute approximate surface area is 142 Å². The van der Waals surface area contributed by atoms with Gasteiger partial charge in [-0.15, -0.1) is 0 Å². The van der Waals surface area contributed by atoms with Crippen molar-refractivity contribution in [2.75, 3.05) is 7.11 Å². The summed E-state index contributed by atoms with van der Waals surface area (Å²) in [4.78, 5) is 12.0. The van der Waals surface area contributed by atoms with Gasteiger partial charge in [-0.2, -0.15) is 0 Å². The molecule has 1 amide bonds. The third-order valence-electron chi connectivity index (χ3n) is 3.58. The van der Waals surface area contributed by atoms with Crippen molar-refractivity contribution in [1.29, 1.82) is 0 Å². The molecule has 0 heterocycles. The molecule has 0 aliphatic carbocycles. The van der Waals surface area contributed by atoms with Gasteiger partial charge in [-0.25, -0.2) is 8.42 Å². The number of hydrogen-bond acceptors (Lipinski definition) is 4. The van der Waals surface area contributed by atoms with Crippen LogP contribution in [0.2, 0.25) is 0 Å². The van der Waals surface area contributed by atoms with Crippen molar-refractivity contribution in [2.45, 2.75) is 25.5 Å². The summed E-state index contributed by atoms with van der Waals surface area (Å²) in [5, 5.41) is 0. The summed E-state index contributed by atoms with van der Waals surface area (Å²) in [5.41, 5.74) is 2.51. The number of aryl methyl sites for hydroxylation is 1. The van der Waals surface area contributed by atoms with Crippen molar-refractivity contribution in [2.24, 2.45) is 0 Å². The fraction of sp³-hybridized carbons (Fsp3) is 0.278. The van der Waals surface area contributed by atoms with E-state index in [0.29, 0.717) is 11.3 Å². The summed E-state index contributed by atoms with van der Waals surface area (Å²) in [6, 6.07) is 14.2. The number of carbonyl (C=O) groups is 1. The molecule has 0 atom stereocenters. The lowest BCUT2D eigenvalue weighted by Crippen LogP contribution is -2.32. The smallest absolute Gasteiger partial charge is 0.239 e. The van der Waals surface area contributed by atoms with Gasteiger partial charge in [0.05, 0.1) is 19.3 Å². The van der Waals surface area contributed by atoms with Crippen LogP contribution in [-0.2, 0) is 33.4 Å². The van der Waals surface area contributed by atoms with E-state index in [1.165, 1.54) is 0 Å². The highest BCUT2D eigenvalue weighted by atomic mass is 32.2. The van der Waals surface area contributed by atoms with Crippen LogP contribution in [0, 0.1) is 0 Å². The van der Waals surface area contributed by atoms with Crippen LogP contribution >= 0.6 is 0 Å². The molecule has 6 heteroatoms. The average molecular weight is 347 g/mol. The normalized spacial score (nSPS) is 11.1. The van der Waals surface area contributed by atoms with Crippen LogP contribution in [0.5, 0.6) is 5.75 Å². The standard InChI is InChI=1S/C18H21NO4S/c1-3-14-4-6-16(7-5-14)13-24(21,22)19-18(20)12-15-8-10-17(23-2)11-9-15/h4-11H,3,12-13H2,1-2H3,(H,19,20). The van der Waals surface area contributed by atoms with Gasteiger partial charge in [-0.1, -0.05) is 43.3 Å². The number of carbonyl (C=O) groups excluding carboxylic acids is 1. The van der Waals surface area contributed by atoms with E-state index in [9.17, 15) is 13.2 Å². The maximum absolute atomic E-state index is 12.1. The zero-order valence-corrected chi connectivity index (χ0v) is 14.6. The molecule has 24 heavy (non-hydrogen) atoms. The maximum atomic E-state index is 12.1. The molecule has 0 saturated carbocycles. The monoisotopic (exact) mass is 347 g/mol. The Balaban J connectivity index is 1.95. The molecule has 0 aliphatic heterocycles. The highest BCUT2D eigenvalue weighted by Crippen LogP contribution is 2.12. The van der Waals surface area contributed by atoms with Crippen LogP contribution in [0.1, 0.15) is 23.6 Å². The lowest BCUT2D eigenvalue weighted by atomic mass is 10.1. The van der Waals surface area contributed by atoms with Crippen LogP contribution in [0.25, 0.3) is 0 Å². The number of amides is 1. The zero-order valence-electron chi connectivity index (χ0n) is 13.8. The molecular formula is C18H21NO4S. The predicted octanol–water partition coefficient (Wildman–Crippen LogP) is 2.45. The van der Waals surface area contributed by atoms with Gasteiger partial charge in [-0.3, -0.25) is 9.52 Å². The number of sulfonamides is 1. The Morgan fingerprint density at radius 1 is 0.958 bits per heavy atom. The molecule has 0 radical (unpaired) electrons. The van der Waals surface area contributed by atoms with E-state index in [4.69, 9.17) is 4.74 Å². The van der Waals surface area contributed by atoms with Crippen molar-refractivity contribution < 1.29 is 17.9 Å². The first-order valence-electron chi connectivity index (χ1n) is 7.66. The van der Waals surface area contributed by atoms with E-state index in [1.54, 1.807) is 43.5 Å². The largest absolute Gasteiger partial charge is 0.497 e. The molecule has 2 aromatic carbocycles. The lowest BCUT2D eigenvalue weighted by molar-refractivity contribution is -0.118. The Morgan fingerprint density at radius 2 is 1.50 bits per heavy atom. The SMILES string of the molecule is CCc1ccc(CS(=O)(=O)NC(=O)Cc2ccc(OC)cc2)cc1. The van der Waals surface area contributed by atoms with Crippen molar-refractivity contribution in [3.05, 3.63) is 65.2 Å². The minimum Gasteiger partial charge on any atom is -0.497 e. The van der Waals surface area contributed by atoms with E-state index in [-0.39, 0.29) is 12.2 Å². The van der Waals surface area contributed by atoms with Crippen LogP contribution in [0.4, 0.5) is 0 Å². The molecule has 0 saturated heterocycles. The average Bonchev–Trinajstić information content (AvgIpc) is 2.55. The third kappa shape index (κ3) is 5.38. The molecule has 0 aliphatic rings. The van der Waals surface area contributed by atoms with Crippen molar-refractivity contribution in [3.63, 3.8) is 0 Å². The van der Waals surface area contributed by atoms with Crippen molar-refractivity contribution in [1.82, 2.24) is 4.72 Å². The van der Waals surface area contributed by atoms with Crippen LogP contribution in [-0.4, -0.2) is 21.4 Å². The molecule has 0 unspecified atom stereocenters. The van der Waals surface area contributed by atoms with Crippen LogP contribution in [0.15, 0.2) is 48.5 Å². The molecule has 0 spiro atoms. The number of methoxy groups -OCH3 is 1. The molecule has 0 bridgehead atoms. The minimum atomic E-state index is -3.71. The number of nitrogens with one attached hydrogen (secondary N) is 1. The third-order valence-corrected chi connectivity index (χ3v) is 4.83. The quantitative estimate of drug-likeness (QED) is 0.835. The summed E-state index contributed by atoms with van der Waals surface area (Å²) < 4.78 is 31.4. The molecule has 5 nitrogen and oxygen atoms in total. The van der Waals surface area contributed by atoms with E-state index in [2.05, 4.69) is 4.72 Å². The van der Waals surface area contributed by atoms with Crippen molar-refractivity contribution >= 4 is 15.9 Å². The van der Waals surface area contributed by atoms with Crippen LogP contribution < -0.4 is 9.46 Å². The van der Waals surface area contributed by atoms with Gasteiger partial charge < -0.3 is 4.74 Å². The zero-order chi connectivity index (χ0) is 17.6. The summed E-state index contributed by atoms with van der Waals surface area (Å²) in [7, 11) is -2.15. The molecule has 2 aromatic rings. The van der Waals surface area contributed by atoms with Gasteiger partial charge in [0.25, 0.3) is 0 Å². The Morgan fingerprint density at radius 3 is 2.04 bits per heavy atom. The van der Waals surface area contributed by atoms with Gasteiger partial charge in [0, 0.05) is 0 Å². The van der Waals surface area contributed by atoms with E-state index in [0.717, 1.165) is 17.5 Å². The maximum Gasteiger partial charge on any atom is 0.239 e. The first-order valence-corrected chi connectivity index (χ1v) is 9.31. The second kappa shape index (κ2) is 7.97. The fourth-order valence-electron chi connectivity index (χ4n) is 2.26. The predicted molar refractivity (Wildman–Crippen MR) is 93.3 cm³/mol. The van der Waals surface area contributed by atoms with Gasteiger partial charge in [0.1, 0.15) is 5.75 Å². The Hall–Kier alpha value is -2.34. The van der Waals surface area contributed by atoms with E-state index < -0.39 is 15.9 Å². The first-order chi connectivity index (χ1) is 11.4. The summed E-state index contributed by atoms with van der Waals surface area (Å²) in [5.74, 6) is -0.0848. The highest BCUT2D eigenvalue weighted by Gasteiger charge is 2.16. The number of ether oxygens (including phenoxy) is 1. The summed E-state index contributed by atoms with van der Waals surface area (Å²) >= 11 is 0. The van der Waals surface area contributed by atoms with Gasteiger partial charge >= 0.3 is 0 Å². The Kier molecular flexibility index (Phi) is 5.98. The molecule has 0 fully saturated rings. The second-order valence-corrected chi connectivity index (χ2v) is 7.20. The molecule has 2 rings (SSSR count). The second-order valence-electron chi connectivity index (χ2n) is 5.48. The molecule has 0 aromatic heterocycles.